The molecule has 1 aromatic rings. The van der Waals surface area contributed by atoms with E-state index in [4.69, 9.17) is 9.47 Å². The topological polar surface area (TPSA) is 68.7 Å². The summed E-state index contributed by atoms with van der Waals surface area (Å²) in [7, 11) is 1.51. The molecule has 0 spiro atoms. The molecule has 1 heterocycles. The minimum Gasteiger partial charge on any atom is -0.491 e. The highest BCUT2D eigenvalue weighted by molar-refractivity contribution is 5.86. The fourth-order valence-corrected chi connectivity index (χ4v) is 2.00. The smallest absolute Gasteiger partial charge is 0.314 e. The molecule has 5 nitrogen and oxygen atoms in total. The number of carbonyl (C=O) groups is 1. The van der Waals surface area contributed by atoms with Crippen LogP contribution in [0.25, 0.3) is 0 Å². The van der Waals surface area contributed by atoms with Crippen LogP contribution in [0.5, 0.6) is 11.6 Å². The van der Waals surface area contributed by atoms with E-state index in [0.29, 0.717) is 42.6 Å². The molecule has 5 heteroatoms. The highest BCUT2D eigenvalue weighted by Crippen LogP contribution is 2.52. The normalized spacial score (nSPS) is 16.2. The van der Waals surface area contributed by atoms with E-state index in [1.165, 1.54) is 7.11 Å². The van der Waals surface area contributed by atoms with E-state index in [1.807, 2.05) is 13.8 Å². The number of aromatic nitrogens is 1. The Morgan fingerprint density at radius 2 is 2.21 bits per heavy atom. The first-order chi connectivity index (χ1) is 8.99. The van der Waals surface area contributed by atoms with E-state index in [-0.39, 0.29) is 0 Å². The summed E-state index contributed by atoms with van der Waals surface area (Å²) in [6.45, 7) is 4.62. The van der Waals surface area contributed by atoms with Crippen molar-refractivity contribution in [2.45, 2.75) is 32.1 Å². The molecule has 0 amide bonds. The van der Waals surface area contributed by atoms with E-state index in [1.54, 1.807) is 12.3 Å². The average molecular weight is 265 g/mol. The molecule has 0 aromatic carbocycles. The number of nitrogens with zero attached hydrogens (tertiary/aromatic N) is 1. The molecule has 19 heavy (non-hydrogen) atoms. The van der Waals surface area contributed by atoms with Crippen molar-refractivity contribution in [3.63, 3.8) is 0 Å². The molecule has 104 valence electrons. The fraction of sp³-hybridized carbons (Fsp3) is 0.571. The van der Waals surface area contributed by atoms with E-state index < -0.39 is 11.4 Å². The number of methoxy groups -OCH3 is 1. The molecule has 1 saturated carbocycles. The maximum atomic E-state index is 11.5. The quantitative estimate of drug-likeness (QED) is 0.854. The summed E-state index contributed by atoms with van der Waals surface area (Å²) in [6, 6.07) is 1.68. The van der Waals surface area contributed by atoms with Crippen molar-refractivity contribution in [3.8, 4) is 11.6 Å². The summed E-state index contributed by atoms with van der Waals surface area (Å²) in [5.41, 5.74) is -0.143. The van der Waals surface area contributed by atoms with Crippen LogP contribution in [0, 0.1) is 5.92 Å². The van der Waals surface area contributed by atoms with Crippen LogP contribution in [0.3, 0.4) is 0 Å². The number of aliphatic carboxylic acids is 1. The second-order valence-electron chi connectivity index (χ2n) is 5.31. The SMILES string of the molecule is COc1cc(C2(C(=O)O)CC2)c(OCC(C)C)cn1. The van der Waals surface area contributed by atoms with Gasteiger partial charge in [0.15, 0.2) is 0 Å². The van der Waals surface area contributed by atoms with Crippen molar-refractivity contribution in [3.05, 3.63) is 17.8 Å². The zero-order valence-corrected chi connectivity index (χ0v) is 11.5. The van der Waals surface area contributed by atoms with Crippen molar-refractivity contribution < 1.29 is 19.4 Å². The number of carboxylic acids is 1. The molecule has 2 rings (SSSR count). The first-order valence-electron chi connectivity index (χ1n) is 6.40. The molecule has 1 aromatic heterocycles. The first kappa shape index (κ1) is 13.6. The summed E-state index contributed by atoms with van der Waals surface area (Å²) >= 11 is 0. The third-order valence-electron chi connectivity index (χ3n) is 3.30. The van der Waals surface area contributed by atoms with Gasteiger partial charge < -0.3 is 14.6 Å². The molecule has 0 unspecified atom stereocenters. The van der Waals surface area contributed by atoms with Gasteiger partial charge in [-0.15, -0.1) is 0 Å². The van der Waals surface area contributed by atoms with Gasteiger partial charge in [0.1, 0.15) is 5.75 Å². The van der Waals surface area contributed by atoms with Gasteiger partial charge in [-0.25, -0.2) is 4.98 Å². The standard InChI is InChI=1S/C14H19NO4/c1-9(2)8-19-11-7-15-12(18-3)6-10(11)14(4-5-14)13(16)17/h6-7,9H,4-5,8H2,1-3H3,(H,16,17). The van der Waals surface area contributed by atoms with Gasteiger partial charge in [0.2, 0.25) is 5.88 Å². The maximum Gasteiger partial charge on any atom is 0.314 e. The van der Waals surface area contributed by atoms with Crippen LogP contribution in [-0.4, -0.2) is 29.8 Å². The minimum atomic E-state index is -0.817. The molecule has 0 bridgehead atoms. The molecule has 0 aliphatic heterocycles. The van der Waals surface area contributed by atoms with Gasteiger partial charge >= 0.3 is 5.97 Å². The van der Waals surface area contributed by atoms with Crippen LogP contribution < -0.4 is 9.47 Å². The van der Waals surface area contributed by atoms with E-state index >= 15 is 0 Å². The zero-order chi connectivity index (χ0) is 14.0. The van der Waals surface area contributed by atoms with Gasteiger partial charge in [-0.05, 0) is 18.8 Å². The Morgan fingerprint density at radius 3 is 2.68 bits per heavy atom. The molecular weight excluding hydrogens is 246 g/mol. The number of pyridine rings is 1. The third-order valence-corrected chi connectivity index (χ3v) is 3.30. The van der Waals surface area contributed by atoms with Gasteiger partial charge in [0.25, 0.3) is 0 Å². The van der Waals surface area contributed by atoms with Crippen LogP contribution >= 0.6 is 0 Å². The van der Waals surface area contributed by atoms with Crippen LogP contribution in [0.15, 0.2) is 12.3 Å². The van der Waals surface area contributed by atoms with Crippen molar-refractivity contribution in [1.29, 1.82) is 0 Å². The summed E-state index contributed by atoms with van der Waals surface area (Å²) in [5.74, 6) is 0.527. The maximum absolute atomic E-state index is 11.5. The Labute approximate surface area is 112 Å². The second-order valence-corrected chi connectivity index (χ2v) is 5.31. The van der Waals surface area contributed by atoms with Crippen LogP contribution in [0.4, 0.5) is 0 Å². The molecule has 0 saturated heterocycles. The van der Waals surface area contributed by atoms with Crippen molar-refractivity contribution in [2.75, 3.05) is 13.7 Å². The van der Waals surface area contributed by atoms with Crippen molar-refractivity contribution >= 4 is 5.97 Å². The first-order valence-corrected chi connectivity index (χ1v) is 6.40. The van der Waals surface area contributed by atoms with E-state index in [2.05, 4.69) is 4.98 Å². The zero-order valence-electron chi connectivity index (χ0n) is 11.5. The highest BCUT2D eigenvalue weighted by Gasteiger charge is 2.53. The van der Waals surface area contributed by atoms with Gasteiger partial charge in [0.05, 0.1) is 25.3 Å². The second kappa shape index (κ2) is 5.07. The lowest BCUT2D eigenvalue weighted by Gasteiger charge is -2.17. The monoisotopic (exact) mass is 265 g/mol. The lowest BCUT2D eigenvalue weighted by Crippen LogP contribution is -2.21. The van der Waals surface area contributed by atoms with Crippen LogP contribution in [0.2, 0.25) is 0 Å². The molecular formula is C14H19NO4. The Bertz CT molecular complexity index is 480. The highest BCUT2D eigenvalue weighted by atomic mass is 16.5. The average Bonchev–Trinajstić information content (AvgIpc) is 3.17. The number of hydrogen-bond acceptors (Lipinski definition) is 4. The van der Waals surface area contributed by atoms with Crippen LogP contribution in [0.1, 0.15) is 32.3 Å². The van der Waals surface area contributed by atoms with Crippen LogP contribution in [-0.2, 0) is 10.2 Å². The Morgan fingerprint density at radius 1 is 1.53 bits per heavy atom. The number of ether oxygens (including phenoxy) is 2. The predicted molar refractivity (Wildman–Crippen MR) is 69.7 cm³/mol. The van der Waals surface area contributed by atoms with Gasteiger partial charge in [0, 0.05) is 11.6 Å². The fourth-order valence-electron chi connectivity index (χ4n) is 2.00. The lowest BCUT2D eigenvalue weighted by atomic mass is 9.96. The summed E-state index contributed by atoms with van der Waals surface area (Å²) < 4.78 is 10.8. The van der Waals surface area contributed by atoms with Gasteiger partial charge in [-0.3, -0.25) is 4.79 Å². The molecule has 1 aliphatic rings. The largest absolute Gasteiger partial charge is 0.491 e. The molecule has 0 radical (unpaired) electrons. The van der Waals surface area contributed by atoms with E-state index in [0.717, 1.165) is 0 Å². The lowest BCUT2D eigenvalue weighted by molar-refractivity contribution is -0.140. The third kappa shape index (κ3) is 2.64. The van der Waals surface area contributed by atoms with Crippen molar-refractivity contribution in [1.82, 2.24) is 4.98 Å². The predicted octanol–water partition coefficient (Wildman–Crippen LogP) is 2.24. The Kier molecular flexibility index (Phi) is 3.64. The number of carboxylic acid groups (broad SMARTS) is 1. The van der Waals surface area contributed by atoms with Gasteiger partial charge in [-0.1, -0.05) is 13.8 Å². The summed E-state index contributed by atoms with van der Waals surface area (Å²) in [6.07, 6.45) is 2.82. The molecule has 1 fully saturated rings. The molecule has 1 N–H and O–H groups in total. The van der Waals surface area contributed by atoms with Crippen molar-refractivity contribution in [2.24, 2.45) is 5.92 Å². The Hall–Kier alpha value is -1.78. The van der Waals surface area contributed by atoms with Gasteiger partial charge in [-0.2, -0.15) is 0 Å². The molecule has 0 atom stereocenters. The Balaban J connectivity index is 2.35. The minimum absolute atomic E-state index is 0.370. The summed E-state index contributed by atoms with van der Waals surface area (Å²) in [5, 5.41) is 9.41. The summed E-state index contributed by atoms with van der Waals surface area (Å²) in [4.78, 5) is 15.6. The van der Waals surface area contributed by atoms with E-state index in [9.17, 15) is 9.90 Å². The number of rotatable bonds is 6. The number of hydrogen-bond donors (Lipinski definition) is 1. The molecule has 1 aliphatic carbocycles.